The number of anilines is 2. The van der Waals surface area contributed by atoms with Gasteiger partial charge in [0.2, 0.25) is 11.9 Å². The van der Waals surface area contributed by atoms with Gasteiger partial charge in [-0.1, -0.05) is 12.1 Å². The summed E-state index contributed by atoms with van der Waals surface area (Å²) in [6, 6.07) is 7.99. The van der Waals surface area contributed by atoms with Crippen molar-refractivity contribution in [3.8, 4) is 5.75 Å². The molecule has 1 heterocycles. The van der Waals surface area contributed by atoms with Crippen molar-refractivity contribution >= 4 is 23.7 Å². The first kappa shape index (κ1) is 14.4. The summed E-state index contributed by atoms with van der Waals surface area (Å²) in [4.78, 5) is 12.8. The number of thioether (sulfide) groups is 1. The van der Waals surface area contributed by atoms with Crippen molar-refractivity contribution in [2.45, 2.75) is 17.9 Å². The van der Waals surface area contributed by atoms with E-state index in [2.05, 4.69) is 20.3 Å². The molecule has 0 fully saturated rings. The number of nitrogens with two attached hydrogens (primary N) is 1. The highest BCUT2D eigenvalue weighted by molar-refractivity contribution is 7.98. The van der Waals surface area contributed by atoms with E-state index in [0.29, 0.717) is 12.6 Å². The van der Waals surface area contributed by atoms with Crippen LogP contribution < -0.4 is 15.8 Å². The van der Waals surface area contributed by atoms with Crippen LogP contribution in [0.1, 0.15) is 6.92 Å². The molecule has 0 amide bonds. The van der Waals surface area contributed by atoms with E-state index in [9.17, 15) is 0 Å². The van der Waals surface area contributed by atoms with Gasteiger partial charge in [-0.2, -0.15) is 4.98 Å². The predicted octanol–water partition coefficient (Wildman–Crippen LogP) is 2.06. The Kier molecular flexibility index (Phi) is 5.00. The van der Waals surface area contributed by atoms with Crippen LogP contribution in [0, 0.1) is 0 Å². The van der Waals surface area contributed by atoms with Crippen LogP contribution in [0.4, 0.5) is 11.9 Å². The summed E-state index contributed by atoms with van der Waals surface area (Å²) in [7, 11) is 0. The van der Waals surface area contributed by atoms with Crippen molar-refractivity contribution in [1.29, 1.82) is 0 Å². The molecule has 106 valence electrons. The predicted molar refractivity (Wildman–Crippen MR) is 81.0 cm³/mol. The lowest BCUT2D eigenvalue weighted by Gasteiger charge is -2.16. The van der Waals surface area contributed by atoms with Gasteiger partial charge in [0.05, 0.1) is 6.04 Å². The summed E-state index contributed by atoms with van der Waals surface area (Å²) in [5.74, 6) is 1.53. The van der Waals surface area contributed by atoms with Gasteiger partial charge in [0.1, 0.15) is 18.7 Å². The highest BCUT2D eigenvalue weighted by Gasteiger charge is 2.07. The van der Waals surface area contributed by atoms with Crippen molar-refractivity contribution in [3.63, 3.8) is 0 Å². The van der Waals surface area contributed by atoms with Crippen LogP contribution in [0.2, 0.25) is 0 Å². The molecule has 0 radical (unpaired) electrons. The molecule has 1 aromatic heterocycles. The maximum Gasteiger partial charge on any atom is 0.227 e. The minimum absolute atomic E-state index is 0.0479. The number of nitrogens with zero attached hydrogens (tertiary/aromatic N) is 3. The molecule has 0 aliphatic rings. The lowest BCUT2D eigenvalue weighted by Crippen LogP contribution is -2.25. The van der Waals surface area contributed by atoms with Crippen LogP contribution in [-0.2, 0) is 0 Å². The second kappa shape index (κ2) is 6.95. The summed E-state index contributed by atoms with van der Waals surface area (Å²) in [6.45, 7) is 2.49. The highest BCUT2D eigenvalue weighted by Crippen LogP contribution is 2.26. The third kappa shape index (κ3) is 3.99. The van der Waals surface area contributed by atoms with E-state index in [0.717, 1.165) is 10.6 Å². The van der Waals surface area contributed by atoms with Crippen LogP contribution in [0.15, 0.2) is 35.5 Å². The van der Waals surface area contributed by atoms with Gasteiger partial charge in [-0.05, 0) is 25.3 Å². The third-order valence-electron chi connectivity index (χ3n) is 2.52. The number of para-hydroxylation sites is 1. The molecule has 1 atom stereocenters. The molecule has 0 aliphatic carbocycles. The molecule has 0 aliphatic heterocycles. The van der Waals surface area contributed by atoms with Crippen LogP contribution >= 0.6 is 11.8 Å². The molecule has 1 aromatic carbocycles. The number of rotatable bonds is 6. The van der Waals surface area contributed by atoms with Crippen molar-refractivity contribution in [1.82, 2.24) is 15.0 Å². The Balaban J connectivity index is 1.90. The first-order chi connectivity index (χ1) is 9.69. The molecule has 7 heteroatoms. The highest BCUT2D eigenvalue weighted by atomic mass is 32.2. The first-order valence-electron chi connectivity index (χ1n) is 6.16. The van der Waals surface area contributed by atoms with E-state index in [1.54, 1.807) is 11.8 Å². The molecule has 2 rings (SSSR count). The standard InChI is InChI=1S/C13H17N5OS/c1-9(17-13-16-8-15-12(14)18-13)7-19-10-5-3-4-6-11(10)20-2/h3-6,8-9H,7H2,1-2H3,(H3,14,15,16,17,18). The lowest BCUT2D eigenvalue weighted by molar-refractivity contribution is 0.297. The van der Waals surface area contributed by atoms with Crippen molar-refractivity contribution < 1.29 is 4.74 Å². The molecule has 0 spiro atoms. The van der Waals surface area contributed by atoms with Crippen LogP contribution in [0.25, 0.3) is 0 Å². The van der Waals surface area contributed by atoms with Crippen LogP contribution in [-0.4, -0.2) is 33.9 Å². The zero-order valence-electron chi connectivity index (χ0n) is 11.4. The largest absolute Gasteiger partial charge is 0.490 e. The Hall–Kier alpha value is -2.02. The minimum atomic E-state index is 0.0479. The number of ether oxygens (including phenoxy) is 1. The van der Waals surface area contributed by atoms with E-state index in [1.807, 2.05) is 37.4 Å². The molecule has 0 saturated heterocycles. The van der Waals surface area contributed by atoms with Gasteiger partial charge in [0.15, 0.2) is 0 Å². The fraction of sp³-hybridized carbons (Fsp3) is 0.308. The maximum absolute atomic E-state index is 5.81. The fourth-order valence-corrected chi connectivity index (χ4v) is 2.14. The van der Waals surface area contributed by atoms with E-state index < -0.39 is 0 Å². The van der Waals surface area contributed by atoms with Gasteiger partial charge < -0.3 is 15.8 Å². The van der Waals surface area contributed by atoms with Gasteiger partial charge in [-0.15, -0.1) is 11.8 Å². The van der Waals surface area contributed by atoms with Crippen molar-refractivity contribution in [2.75, 3.05) is 23.9 Å². The van der Waals surface area contributed by atoms with Gasteiger partial charge in [0.25, 0.3) is 0 Å². The smallest absolute Gasteiger partial charge is 0.227 e. The molecular weight excluding hydrogens is 274 g/mol. The molecular formula is C13H17N5OS. The summed E-state index contributed by atoms with van der Waals surface area (Å²) in [5, 5.41) is 3.12. The normalized spacial score (nSPS) is 11.9. The van der Waals surface area contributed by atoms with Crippen molar-refractivity contribution in [2.24, 2.45) is 0 Å². The van der Waals surface area contributed by atoms with Gasteiger partial charge >= 0.3 is 0 Å². The molecule has 3 N–H and O–H groups in total. The zero-order valence-corrected chi connectivity index (χ0v) is 12.2. The Morgan fingerprint density at radius 3 is 2.90 bits per heavy atom. The van der Waals surface area contributed by atoms with E-state index >= 15 is 0 Å². The summed E-state index contributed by atoms with van der Waals surface area (Å²) in [5.41, 5.74) is 5.50. The molecule has 2 aromatic rings. The van der Waals surface area contributed by atoms with Gasteiger partial charge in [-0.25, -0.2) is 9.97 Å². The number of hydrogen-bond donors (Lipinski definition) is 2. The van der Waals surface area contributed by atoms with E-state index in [1.165, 1.54) is 6.33 Å². The summed E-state index contributed by atoms with van der Waals surface area (Å²) in [6.07, 6.45) is 3.40. The number of nitrogens with one attached hydrogen (secondary N) is 1. The fourth-order valence-electron chi connectivity index (χ4n) is 1.59. The number of hydrogen-bond acceptors (Lipinski definition) is 7. The quantitative estimate of drug-likeness (QED) is 0.788. The molecule has 1 unspecified atom stereocenters. The Labute approximate surface area is 122 Å². The first-order valence-corrected chi connectivity index (χ1v) is 7.38. The molecule has 0 bridgehead atoms. The minimum Gasteiger partial charge on any atom is -0.490 e. The second-order valence-electron chi connectivity index (χ2n) is 4.17. The van der Waals surface area contributed by atoms with E-state index in [4.69, 9.17) is 10.5 Å². The van der Waals surface area contributed by atoms with E-state index in [-0.39, 0.29) is 12.0 Å². The van der Waals surface area contributed by atoms with Crippen molar-refractivity contribution in [3.05, 3.63) is 30.6 Å². The zero-order chi connectivity index (χ0) is 14.4. The number of nitrogen functional groups attached to an aromatic ring is 1. The van der Waals surface area contributed by atoms with Crippen LogP contribution in [0.5, 0.6) is 5.75 Å². The Bertz CT molecular complexity index is 566. The molecule has 6 nitrogen and oxygen atoms in total. The number of aromatic nitrogens is 3. The average Bonchev–Trinajstić information content (AvgIpc) is 2.45. The average molecular weight is 291 g/mol. The Morgan fingerprint density at radius 1 is 1.35 bits per heavy atom. The van der Waals surface area contributed by atoms with Crippen LogP contribution in [0.3, 0.4) is 0 Å². The maximum atomic E-state index is 5.81. The topological polar surface area (TPSA) is 86.0 Å². The second-order valence-corrected chi connectivity index (χ2v) is 5.02. The SMILES string of the molecule is CSc1ccccc1OCC(C)Nc1ncnc(N)n1. The monoisotopic (exact) mass is 291 g/mol. The third-order valence-corrected chi connectivity index (χ3v) is 3.30. The number of benzene rings is 1. The summed E-state index contributed by atoms with van der Waals surface area (Å²) < 4.78 is 5.81. The van der Waals surface area contributed by atoms with Gasteiger partial charge in [0, 0.05) is 4.90 Å². The van der Waals surface area contributed by atoms with Gasteiger partial charge in [-0.3, -0.25) is 0 Å². The molecule has 0 saturated carbocycles. The molecule has 20 heavy (non-hydrogen) atoms. The Morgan fingerprint density at radius 2 is 2.15 bits per heavy atom. The summed E-state index contributed by atoms with van der Waals surface area (Å²) >= 11 is 1.66. The lowest BCUT2D eigenvalue weighted by atomic mass is 10.3.